The van der Waals surface area contributed by atoms with E-state index in [1.165, 1.54) is 23.2 Å². The molecule has 1 unspecified atom stereocenters. The quantitative estimate of drug-likeness (QED) is 0.705. The first-order valence-electron chi connectivity index (χ1n) is 9.34. The van der Waals surface area contributed by atoms with Gasteiger partial charge in [0, 0.05) is 23.7 Å². The number of nitrogens with zero attached hydrogens (tertiary/aromatic N) is 1. The molecule has 25 heavy (non-hydrogen) atoms. The minimum Gasteiger partial charge on any atom is -0.497 e. The Kier molecular flexibility index (Phi) is 4.81. The Morgan fingerprint density at radius 1 is 0.920 bits per heavy atom. The van der Waals surface area contributed by atoms with Crippen molar-refractivity contribution in [2.24, 2.45) is 0 Å². The fraction of sp³-hybridized carbons (Fsp3) is 0.478. The van der Waals surface area contributed by atoms with Crippen LogP contribution in [0.3, 0.4) is 0 Å². The molecule has 1 aliphatic heterocycles. The van der Waals surface area contributed by atoms with E-state index in [0.717, 1.165) is 5.75 Å². The van der Waals surface area contributed by atoms with Crippen LogP contribution in [0.2, 0.25) is 0 Å². The van der Waals surface area contributed by atoms with Crippen molar-refractivity contribution >= 4 is 5.69 Å². The van der Waals surface area contributed by atoms with Gasteiger partial charge < -0.3 is 9.64 Å². The van der Waals surface area contributed by atoms with Crippen LogP contribution in [-0.4, -0.2) is 19.2 Å². The molecule has 2 aromatic rings. The lowest BCUT2D eigenvalue weighted by molar-refractivity contribution is 0.414. The first-order chi connectivity index (χ1) is 11.8. The molecule has 2 aromatic carbocycles. The van der Waals surface area contributed by atoms with Gasteiger partial charge in [-0.3, -0.25) is 0 Å². The zero-order valence-electron chi connectivity index (χ0n) is 16.4. The van der Waals surface area contributed by atoms with E-state index in [-0.39, 0.29) is 5.41 Å². The second-order valence-corrected chi connectivity index (χ2v) is 8.41. The molecule has 0 N–H and O–H groups in total. The van der Waals surface area contributed by atoms with Gasteiger partial charge in [0.05, 0.1) is 7.11 Å². The third kappa shape index (κ3) is 3.53. The monoisotopic (exact) mass is 337 g/mol. The van der Waals surface area contributed by atoms with Crippen molar-refractivity contribution in [3.05, 3.63) is 59.7 Å². The summed E-state index contributed by atoms with van der Waals surface area (Å²) < 4.78 is 5.30. The van der Waals surface area contributed by atoms with E-state index < -0.39 is 0 Å². The largest absolute Gasteiger partial charge is 0.497 e. The number of ether oxygens (including phenoxy) is 1. The third-order valence-corrected chi connectivity index (χ3v) is 5.67. The molecule has 0 radical (unpaired) electrons. The molecule has 1 heterocycles. The number of benzene rings is 2. The molecule has 0 amide bonds. The minimum absolute atomic E-state index is 0.211. The molecule has 134 valence electrons. The fourth-order valence-electron chi connectivity index (χ4n) is 4.16. The summed E-state index contributed by atoms with van der Waals surface area (Å²) >= 11 is 0. The summed E-state index contributed by atoms with van der Waals surface area (Å²) in [6.45, 7) is 11.5. The summed E-state index contributed by atoms with van der Waals surface area (Å²) in [6.07, 6.45) is 1.20. The lowest BCUT2D eigenvalue weighted by Crippen LogP contribution is -2.33. The molecule has 1 fully saturated rings. The number of hydrogen-bond acceptors (Lipinski definition) is 2. The van der Waals surface area contributed by atoms with Crippen molar-refractivity contribution in [2.45, 2.75) is 64.5 Å². The molecule has 1 aliphatic rings. The Bertz CT molecular complexity index is 696. The van der Waals surface area contributed by atoms with Crippen LogP contribution in [0.5, 0.6) is 5.75 Å². The predicted octanol–water partition coefficient (Wildman–Crippen LogP) is 5.76. The van der Waals surface area contributed by atoms with Crippen molar-refractivity contribution in [1.82, 2.24) is 0 Å². The minimum atomic E-state index is 0.211. The lowest BCUT2D eigenvalue weighted by atomic mass is 9.84. The number of anilines is 1. The maximum absolute atomic E-state index is 5.30. The molecule has 2 nitrogen and oxygen atoms in total. The molecule has 0 aromatic heterocycles. The van der Waals surface area contributed by atoms with E-state index in [9.17, 15) is 0 Å². The van der Waals surface area contributed by atoms with Gasteiger partial charge in [-0.2, -0.15) is 0 Å². The van der Waals surface area contributed by atoms with Gasteiger partial charge in [-0.25, -0.2) is 0 Å². The molecule has 1 saturated heterocycles. The molecule has 3 atom stereocenters. The molecular weight excluding hydrogens is 306 g/mol. The molecule has 0 saturated carbocycles. The van der Waals surface area contributed by atoms with E-state index in [2.05, 4.69) is 88.0 Å². The van der Waals surface area contributed by atoms with Gasteiger partial charge >= 0.3 is 0 Å². The van der Waals surface area contributed by atoms with Crippen molar-refractivity contribution in [3.8, 4) is 5.75 Å². The van der Waals surface area contributed by atoms with Gasteiger partial charge in [0.2, 0.25) is 0 Å². The average molecular weight is 338 g/mol. The van der Waals surface area contributed by atoms with Crippen LogP contribution in [0.15, 0.2) is 48.5 Å². The summed E-state index contributed by atoms with van der Waals surface area (Å²) in [5, 5.41) is 0. The summed E-state index contributed by atoms with van der Waals surface area (Å²) in [6, 6.07) is 18.8. The maximum atomic E-state index is 5.30. The Balaban J connectivity index is 1.82. The Morgan fingerprint density at radius 2 is 1.52 bits per heavy atom. The van der Waals surface area contributed by atoms with Crippen LogP contribution in [0, 0.1) is 0 Å². The van der Waals surface area contributed by atoms with E-state index in [4.69, 9.17) is 4.74 Å². The van der Waals surface area contributed by atoms with E-state index in [1.807, 2.05) is 0 Å². The number of rotatable bonds is 3. The highest BCUT2D eigenvalue weighted by molar-refractivity contribution is 5.53. The zero-order chi connectivity index (χ0) is 18.2. The van der Waals surface area contributed by atoms with E-state index >= 15 is 0 Å². The van der Waals surface area contributed by atoms with Crippen LogP contribution in [0.4, 0.5) is 5.69 Å². The van der Waals surface area contributed by atoms with Crippen LogP contribution in [0.25, 0.3) is 0 Å². The fourth-order valence-corrected chi connectivity index (χ4v) is 4.16. The summed E-state index contributed by atoms with van der Waals surface area (Å²) in [5.41, 5.74) is 4.36. The van der Waals surface area contributed by atoms with Gasteiger partial charge in [0.15, 0.2) is 0 Å². The molecule has 0 aliphatic carbocycles. The highest BCUT2D eigenvalue weighted by Gasteiger charge is 2.37. The van der Waals surface area contributed by atoms with Crippen LogP contribution in [0.1, 0.15) is 58.1 Å². The van der Waals surface area contributed by atoms with Gasteiger partial charge in [-0.1, -0.05) is 45.0 Å². The second kappa shape index (κ2) is 6.74. The third-order valence-electron chi connectivity index (χ3n) is 5.67. The molecule has 2 heteroatoms. The predicted molar refractivity (Wildman–Crippen MR) is 107 cm³/mol. The maximum Gasteiger partial charge on any atom is 0.119 e. The summed E-state index contributed by atoms with van der Waals surface area (Å²) in [4.78, 5) is 2.56. The average Bonchev–Trinajstić information content (AvgIpc) is 2.89. The molecule has 3 rings (SSSR count). The first kappa shape index (κ1) is 17.8. The van der Waals surface area contributed by atoms with Crippen molar-refractivity contribution in [1.29, 1.82) is 0 Å². The van der Waals surface area contributed by atoms with Crippen LogP contribution >= 0.6 is 0 Å². The van der Waals surface area contributed by atoms with Crippen molar-refractivity contribution in [3.63, 3.8) is 0 Å². The Morgan fingerprint density at radius 3 is 2.04 bits per heavy atom. The van der Waals surface area contributed by atoms with Crippen LogP contribution < -0.4 is 9.64 Å². The standard InChI is InChI=1S/C23H31NO/c1-16-15-22(18-7-9-19(10-8-18)23(3,4)5)17(2)24(16)20-11-13-21(25-6)14-12-20/h7-14,16-17,22H,15H2,1-6H3/t16?,17-,22+/m1/s1. The Hall–Kier alpha value is -1.96. The van der Waals surface area contributed by atoms with Crippen molar-refractivity contribution < 1.29 is 4.74 Å². The summed E-state index contributed by atoms with van der Waals surface area (Å²) in [7, 11) is 1.72. The molecule has 0 spiro atoms. The van der Waals surface area contributed by atoms with Crippen molar-refractivity contribution in [2.75, 3.05) is 12.0 Å². The van der Waals surface area contributed by atoms with E-state index in [0.29, 0.717) is 18.0 Å². The second-order valence-electron chi connectivity index (χ2n) is 8.41. The smallest absolute Gasteiger partial charge is 0.119 e. The van der Waals surface area contributed by atoms with Gasteiger partial charge in [-0.05, 0) is 61.1 Å². The zero-order valence-corrected chi connectivity index (χ0v) is 16.4. The van der Waals surface area contributed by atoms with Gasteiger partial charge in [0.25, 0.3) is 0 Å². The number of hydrogen-bond donors (Lipinski definition) is 0. The SMILES string of the molecule is COc1ccc(N2C(C)C[C@H](c3ccc(C(C)(C)C)cc3)[C@H]2C)cc1. The normalized spacial score (nSPS) is 23.8. The highest BCUT2D eigenvalue weighted by atomic mass is 16.5. The lowest BCUT2D eigenvalue weighted by Gasteiger charge is -2.30. The van der Waals surface area contributed by atoms with Gasteiger partial charge in [-0.15, -0.1) is 0 Å². The van der Waals surface area contributed by atoms with Gasteiger partial charge in [0.1, 0.15) is 5.75 Å². The topological polar surface area (TPSA) is 12.5 Å². The number of methoxy groups -OCH3 is 1. The summed E-state index contributed by atoms with van der Waals surface area (Å²) in [5.74, 6) is 1.49. The first-order valence-corrected chi connectivity index (χ1v) is 9.34. The molecular formula is C23H31NO. The highest BCUT2D eigenvalue weighted by Crippen LogP contribution is 2.41. The Labute approximate surface area is 152 Å². The molecule has 0 bridgehead atoms. The van der Waals surface area contributed by atoms with Crippen LogP contribution in [-0.2, 0) is 5.41 Å². The van der Waals surface area contributed by atoms with E-state index in [1.54, 1.807) is 7.11 Å².